The van der Waals surface area contributed by atoms with E-state index in [4.69, 9.17) is 5.73 Å². The lowest BCUT2D eigenvalue weighted by Gasteiger charge is -2.33. The van der Waals surface area contributed by atoms with Gasteiger partial charge in [0.1, 0.15) is 0 Å². The van der Waals surface area contributed by atoms with Gasteiger partial charge in [0.2, 0.25) is 5.91 Å². The van der Waals surface area contributed by atoms with E-state index in [0.717, 1.165) is 50.9 Å². The summed E-state index contributed by atoms with van der Waals surface area (Å²) in [5.41, 5.74) is 5.40. The number of rotatable bonds is 10. The van der Waals surface area contributed by atoms with Crippen LogP contribution in [0.5, 0.6) is 0 Å². The quantitative estimate of drug-likeness (QED) is 0.674. The first-order chi connectivity index (χ1) is 10.4. The van der Waals surface area contributed by atoms with Crippen LogP contribution in [0.15, 0.2) is 0 Å². The zero-order chi connectivity index (χ0) is 16.5. The number of primary amides is 1. The molecule has 1 fully saturated rings. The van der Waals surface area contributed by atoms with Crippen LogP contribution in [0.25, 0.3) is 0 Å². The number of piperidine rings is 1. The van der Waals surface area contributed by atoms with Crippen LogP contribution in [0.4, 0.5) is 0 Å². The maximum Gasteiger partial charge on any atom is 0.220 e. The number of carbonyl (C=O) groups excluding carboxylic acids is 1. The molecular weight excluding hydrogens is 274 g/mol. The number of hydrogen-bond donors (Lipinski definition) is 1. The smallest absolute Gasteiger partial charge is 0.220 e. The van der Waals surface area contributed by atoms with Gasteiger partial charge in [0.05, 0.1) is 0 Å². The summed E-state index contributed by atoms with van der Waals surface area (Å²) in [4.78, 5) is 16.3. The molecule has 0 radical (unpaired) electrons. The van der Waals surface area contributed by atoms with Gasteiger partial charge in [0, 0.05) is 19.0 Å². The van der Waals surface area contributed by atoms with Crippen LogP contribution in [0.1, 0.15) is 53.4 Å². The standard InChI is InChI=1S/C18H37N3O/c1-15(2)5-9-20(10-6-16(3)4)13-14-21-11-7-17(8-12-21)18(19)22/h15-17H,5-14H2,1-4H3,(H2,19,22). The van der Waals surface area contributed by atoms with Crippen LogP contribution >= 0.6 is 0 Å². The third-order valence-corrected chi connectivity index (χ3v) is 4.77. The molecule has 0 spiro atoms. The van der Waals surface area contributed by atoms with Crippen LogP contribution < -0.4 is 5.73 Å². The highest BCUT2D eigenvalue weighted by Crippen LogP contribution is 2.16. The molecule has 0 aromatic carbocycles. The Morgan fingerprint density at radius 1 is 1.05 bits per heavy atom. The van der Waals surface area contributed by atoms with Crippen LogP contribution in [0.3, 0.4) is 0 Å². The lowest BCUT2D eigenvalue weighted by atomic mass is 9.96. The van der Waals surface area contributed by atoms with Gasteiger partial charge in [-0.05, 0) is 63.7 Å². The molecule has 1 rings (SSSR count). The molecule has 1 aliphatic rings. The summed E-state index contributed by atoms with van der Waals surface area (Å²) >= 11 is 0. The van der Waals surface area contributed by atoms with Gasteiger partial charge in [-0.25, -0.2) is 0 Å². The third kappa shape index (κ3) is 8.14. The number of amides is 1. The summed E-state index contributed by atoms with van der Waals surface area (Å²) in [6.45, 7) is 16.0. The van der Waals surface area contributed by atoms with Crippen LogP contribution in [0, 0.1) is 17.8 Å². The molecule has 2 N–H and O–H groups in total. The minimum atomic E-state index is -0.116. The maximum atomic E-state index is 11.2. The third-order valence-electron chi connectivity index (χ3n) is 4.77. The van der Waals surface area contributed by atoms with Crippen molar-refractivity contribution in [3.8, 4) is 0 Å². The Kier molecular flexibility index (Phi) is 9.03. The van der Waals surface area contributed by atoms with Crippen LogP contribution in [0.2, 0.25) is 0 Å². The average Bonchev–Trinajstić information content (AvgIpc) is 2.46. The van der Waals surface area contributed by atoms with Crippen LogP contribution in [-0.4, -0.2) is 55.0 Å². The van der Waals surface area contributed by atoms with E-state index in [1.54, 1.807) is 0 Å². The summed E-state index contributed by atoms with van der Waals surface area (Å²) < 4.78 is 0. The predicted octanol–water partition coefficient (Wildman–Crippen LogP) is 2.58. The number of nitrogens with zero attached hydrogens (tertiary/aromatic N) is 2. The van der Waals surface area contributed by atoms with Gasteiger partial charge in [-0.2, -0.15) is 0 Å². The van der Waals surface area contributed by atoms with Crippen molar-refractivity contribution in [1.29, 1.82) is 0 Å². The van der Waals surface area contributed by atoms with Gasteiger partial charge in [0.25, 0.3) is 0 Å². The fraction of sp³-hybridized carbons (Fsp3) is 0.944. The normalized spacial score (nSPS) is 17.8. The van der Waals surface area contributed by atoms with Gasteiger partial charge in [0.15, 0.2) is 0 Å². The molecule has 22 heavy (non-hydrogen) atoms. The second kappa shape index (κ2) is 10.2. The predicted molar refractivity (Wildman–Crippen MR) is 93.7 cm³/mol. The molecule has 1 aliphatic heterocycles. The Labute approximate surface area is 137 Å². The molecule has 1 heterocycles. The highest BCUT2D eigenvalue weighted by atomic mass is 16.1. The van der Waals surface area contributed by atoms with E-state index in [2.05, 4.69) is 37.5 Å². The summed E-state index contributed by atoms with van der Waals surface area (Å²) in [6.07, 6.45) is 4.43. The van der Waals surface area contributed by atoms with Crippen molar-refractivity contribution < 1.29 is 4.79 Å². The molecule has 0 aromatic rings. The van der Waals surface area contributed by atoms with Gasteiger partial charge < -0.3 is 15.5 Å². The highest BCUT2D eigenvalue weighted by Gasteiger charge is 2.23. The molecule has 0 bridgehead atoms. The first-order valence-electron chi connectivity index (χ1n) is 9.12. The number of likely N-dealkylation sites (tertiary alicyclic amines) is 1. The van der Waals surface area contributed by atoms with Gasteiger partial charge in [-0.3, -0.25) is 4.79 Å². The van der Waals surface area contributed by atoms with Crippen molar-refractivity contribution in [1.82, 2.24) is 9.80 Å². The van der Waals surface area contributed by atoms with E-state index in [-0.39, 0.29) is 11.8 Å². The van der Waals surface area contributed by atoms with Crippen molar-refractivity contribution in [3.63, 3.8) is 0 Å². The monoisotopic (exact) mass is 311 g/mol. The fourth-order valence-electron chi connectivity index (χ4n) is 2.94. The Balaban J connectivity index is 2.31. The summed E-state index contributed by atoms with van der Waals surface area (Å²) in [5, 5.41) is 0. The Bertz CT molecular complexity index is 297. The Morgan fingerprint density at radius 2 is 1.55 bits per heavy atom. The van der Waals surface area contributed by atoms with E-state index in [9.17, 15) is 4.79 Å². The van der Waals surface area contributed by atoms with E-state index < -0.39 is 0 Å². The minimum absolute atomic E-state index is 0.106. The Hall–Kier alpha value is -0.610. The van der Waals surface area contributed by atoms with Crippen molar-refractivity contribution in [2.75, 3.05) is 39.3 Å². The molecule has 0 aromatic heterocycles. The van der Waals surface area contributed by atoms with Gasteiger partial charge in [-0.15, -0.1) is 0 Å². The first kappa shape index (κ1) is 19.4. The highest BCUT2D eigenvalue weighted by molar-refractivity contribution is 5.76. The molecular formula is C18H37N3O. The fourth-order valence-corrected chi connectivity index (χ4v) is 2.94. The maximum absolute atomic E-state index is 11.2. The van der Waals surface area contributed by atoms with Crippen molar-refractivity contribution in [2.45, 2.75) is 53.4 Å². The lowest BCUT2D eigenvalue weighted by Crippen LogP contribution is -2.42. The second-order valence-corrected chi connectivity index (χ2v) is 7.72. The van der Waals surface area contributed by atoms with Gasteiger partial charge in [-0.1, -0.05) is 27.7 Å². The van der Waals surface area contributed by atoms with E-state index in [1.807, 2.05) is 0 Å². The van der Waals surface area contributed by atoms with E-state index in [0.29, 0.717) is 0 Å². The van der Waals surface area contributed by atoms with Crippen molar-refractivity contribution in [2.24, 2.45) is 23.5 Å². The zero-order valence-electron chi connectivity index (χ0n) is 15.2. The summed E-state index contributed by atoms with van der Waals surface area (Å²) in [7, 11) is 0. The number of nitrogens with two attached hydrogens (primary N) is 1. The summed E-state index contributed by atoms with van der Waals surface area (Å²) in [6, 6.07) is 0. The average molecular weight is 312 g/mol. The number of hydrogen-bond acceptors (Lipinski definition) is 3. The van der Waals surface area contributed by atoms with E-state index in [1.165, 1.54) is 25.9 Å². The lowest BCUT2D eigenvalue weighted by molar-refractivity contribution is -0.123. The second-order valence-electron chi connectivity index (χ2n) is 7.72. The molecule has 0 atom stereocenters. The molecule has 4 nitrogen and oxygen atoms in total. The zero-order valence-corrected chi connectivity index (χ0v) is 15.2. The molecule has 130 valence electrons. The largest absolute Gasteiger partial charge is 0.369 e. The topological polar surface area (TPSA) is 49.6 Å². The molecule has 1 amide bonds. The SMILES string of the molecule is CC(C)CCN(CCC(C)C)CCN1CCC(C(N)=O)CC1. The Morgan fingerprint density at radius 3 is 1.95 bits per heavy atom. The van der Waals surface area contributed by atoms with Crippen LogP contribution in [-0.2, 0) is 4.79 Å². The molecule has 0 unspecified atom stereocenters. The van der Waals surface area contributed by atoms with E-state index >= 15 is 0 Å². The molecule has 4 heteroatoms. The first-order valence-corrected chi connectivity index (χ1v) is 9.12. The number of carbonyl (C=O) groups is 1. The summed E-state index contributed by atoms with van der Waals surface area (Å²) in [5.74, 6) is 1.53. The van der Waals surface area contributed by atoms with Gasteiger partial charge >= 0.3 is 0 Å². The molecule has 0 aliphatic carbocycles. The molecule has 0 saturated carbocycles. The minimum Gasteiger partial charge on any atom is -0.369 e. The van der Waals surface area contributed by atoms with Crippen molar-refractivity contribution in [3.05, 3.63) is 0 Å². The van der Waals surface area contributed by atoms with Crippen molar-refractivity contribution >= 4 is 5.91 Å². The molecule has 1 saturated heterocycles.